The average molecular weight is 334 g/mol. The molecule has 1 heterocycles. The first-order valence-corrected chi connectivity index (χ1v) is 7.59. The Kier molecular flexibility index (Phi) is 5.42. The molecular formula is C15H14N2O5S. The van der Waals surface area contributed by atoms with Crippen molar-refractivity contribution >= 4 is 29.1 Å². The maximum absolute atomic E-state index is 11.6. The van der Waals surface area contributed by atoms with Gasteiger partial charge in [-0.2, -0.15) is 0 Å². The molecule has 0 fully saturated rings. The van der Waals surface area contributed by atoms with Gasteiger partial charge in [0.05, 0.1) is 11.5 Å². The number of nitrogens with zero attached hydrogens (tertiary/aromatic N) is 2. The minimum absolute atomic E-state index is 0.0483. The van der Waals surface area contributed by atoms with Crippen molar-refractivity contribution in [3.8, 4) is 0 Å². The third-order valence-corrected chi connectivity index (χ3v) is 3.91. The van der Waals surface area contributed by atoms with E-state index in [0.29, 0.717) is 12.1 Å². The Labute approximate surface area is 135 Å². The van der Waals surface area contributed by atoms with E-state index in [4.69, 9.17) is 4.74 Å². The van der Waals surface area contributed by atoms with Crippen molar-refractivity contribution in [2.45, 2.75) is 13.5 Å². The van der Waals surface area contributed by atoms with E-state index < -0.39 is 10.9 Å². The summed E-state index contributed by atoms with van der Waals surface area (Å²) < 4.78 is 6.54. The number of non-ortho nitro benzene ring substituents is 1. The predicted molar refractivity (Wildman–Crippen MR) is 86.4 cm³/mol. The zero-order valence-corrected chi connectivity index (χ0v) is 13.1. The second-order valence-electron chi connectivity index (χ2n) is 4.65. The number of carbonyl (C=O) groups is 1. The Morgan fingerprint density at radius 1 is 1.48 bits per heavy atom. The van der Waals surface area contributed by atoms with Gasteiger partial charge in [-0.25, -0.2) is 4.79 Å². The highest BCUT2D eigenvalue weighted by atomic mass is 32.1. The fraction of sp³-hybridized carbons (Fsp3) is 0.200. The highest BCUT2D eigenvalue weighted by Crippen LogP contribution is 2.14. The van der Waals surface area contributed by atoms with Crippen LogP contribution in [0.2, 0.25) is 0 Å². The van der Waals surface area contributed by atoms with Crippen molar-refractivity contribution in [3.63, 3.8) is 0 Å². The summed E-state index contributed by atoms with van der Waals surface area (Å²) in [5, 5.41) is 12.4. The predicted octanol–water partition coefficient (Wildman–Crippen LogP) is 2.38. The molecule has 0 saturated heterocycles. The van der Waals surface area contributed by atoms with Gasteiger partial charge < -0.3 is 4.74 Å². The largest absolute Gasteiger partial charge is 0.461 e. The second-order valence-corrected chi connectivity index (χ2v) is 5.47. The number of carbonyl (C=O) groups excluding carboxylic acids is 1. The number of ether oxygens (including phenoxy) is 1. The molecule has 0 atom stereocenters. The van der Waals surface area contributed by atoms with Crippen LogP contribution in [0.5, 0.6) is 0 Å². The van der Waals surface area contributed by atoms with Crippen LogP contribution in [0, 0.1) is 17.0 Å². The molecule has 0 radical (unpaired) electrons. The Bertz CT molecular complexity index is 806. The topological polar surface area (TPSA) is 91.4 Å². The number of esters is 1. The maximum atomic E-state index is 11.6. The molecule has 0 amide bonds. The van der Waals surface area contributed by atoms with E-state index in [1.165, 1.54) is 34.9 Å². The van der Waals surface area contributed by atoms with Crippen LogP contribution in [-0.2, 0) is 16.1 Å². The fourth-order valence-electron chi connectivity index (χ4n) is 1.87. The lowest BCUT2D eigenvalue weighted by Crippen LogP contribution is -2.19. The van der Waals surface area contributed by atoms with E-state index in [1.54, 1.807) is 11.4 Å². The van der Waals surface area contributed by atoms with Gasteiger partial charge >= 0.3 is 10.8 Å². The number of hydrogen-bond acceptors (Lipinski definition) is 6. The first-order chi connectivity index (χ1) is 11.0. The molecule has 1 aromatic heterocycles. The van der Waals surface area contributed by atoms with Crippen molar-refractivity contribution in [2.75, 3.05) is 6.61 Å². The molecule has 0 spiro atoms. The number of nitro groups is 1. The zero-order chi connectivity index (χ0) is 16.8. The number of thiazole rings is 1. The fourth-order valence-corrected chi connectivity index (χ4v) is 2.63. The highest BCUT2D eigenvalue weighted by molar-refractivity contribution is 7.07. The molecule has 0 aliphatic carbocycles. The van der Waals surface area contributed by atoms with Gasteiger partial charge in [-0.05, 0) is 18.6 Å². The van der Waals surface area contributed by atoms with Gasteiger partial charge in [-0.1, -0.05) is 23.5 Å². The van der Waals surface area contributed by atoms with Gasteiger partial charge in [0, 0.05) is 29.3 Å². The molecule has 120 valence electrons. The van der Waals surface area contributed by atoms with Gasteiger partial charge in [-0.15, -0.1) is 0 Å². The number of nitro benzene ring substituents is 1. The Morgan fingerprint density at radius 3 is 2.91 bits per heavy atom. The van der Waals surface area contributed by atoms with E-state index in [2.05, 4.69) is 0 Å². The molecule has 0 aliphatic rings. The lowest BCUT2D eigenvalue weighted by Gasteiger charge is -2.04. The van der Waals surface area contributed by atoms with E-state index >= 15 is 0 Å². The first-order valence-electron chi connectivity index (χ1n) is 6.71. The van der Waals surface area contributed by atoms with Crippen molar-refractivity contribution in [1.82, 2.24) is 4.57 Å². The summed E-state index contributed by atoms with van der Waals surface area (Å²) in [6.45, 7) is 2.18. The Hall–Kier alpha value is -2.74. The Balaban J connectivity index is 1.88. The standard InChI is InChI=1S/C15H14N2O5S/c1-11-10-23-15(19)16(11)7-8-22-14(18)6-5-12-3-2-4-13(9-12)17(20)21/h2-6,9-10H,7-8H2,1H3/b6-5+. The van der Waals surface area contributed by atoms with Crippen LogP contribution < -0.4 is 4.87 Å². The molecule has 23 heavy (non-hydrogen) atoms. The quantitative estimate of drug-likeness (QED) is 0.350. The summed E-state index contributed by atoms with van der Waals surface area (Å²) in [4.78, 5) is 33.2. The molecule has 7 nitrogen and oxygen atoms in total. The second kappa shape index (κ2) is 7.50. The maximum Gasteiger partial charge on any atom is 0.330 e. The summed E-state index contributed by atoms with van der Waals surface area (Å²) >= 11 is 1.10. The average Bonchev–Trinajstić information content (AvgIpc) is 2.85. The monoisotopic (exact) mass is 334 g/mol. The molecule has 0 bridgehead atoms. The van der Waals surface area contributed by atoms with E-state index in [9.17, 15) is 19.7 Å². The van der Waals surface area contributed by atoms with Gasteiger partial charge in [0.15, 0.2) is 0 Å². The molecule has 2 aromatic rings. The Morgan fingerprint density at radius 2 is 2.26 bits per heavy atom. The van der Waals surface area contributed by atoms with Gasteiger partial charge in [0.1, 0.15) is 6.61 Å². The van der Waals surface area contributed by atoms with Crippen LogP contribution in [0.4, 0.5) is 5.69 Å². The number of rotatable bonds is 6. The van der Waals surface area contributed by atoms with Crippen LogP contribution in [0.25, 0.3) is 6.08 Å². The number of aromatic nitrogens is 1. The van der Waals surface area contributed by atoms with Crippen molar-refractivity contribution in [2.24, 2.45) is 0 Å². The van der Waals surface area contributed by atoms with Crippen LogP contribution in [-0.4, -0.2) is 22.1 Å². The summed E-state index contributed by atoms with van der Waals surface area (Å²) in [6.07, 6.45) is 2.64. The van der Waals surface area contributed by atoms with Crippen molar-refractivity contribution in [3.05, 3.63) is 66.8 Å². The molecule has 0 aliphatic heterocycles. The summed E-state index contributed by atoms with van der Waals surface area (Å²) in [5.41, 5.74) is 1.30. The van der Waals surface area contributed by atoms with Crippen LogP contribution in [0.3, 0.4) is 0 Å². The molecule has 0 N–H and O–H groups in total. The summed E-state index contributed by atoms with van der Waals surface area (Å²) in [7, 11) is 0. The number of hydrogen-bond donors (Lipinski definition) is 0. The van der Waals surface area contributed by atoms with Crippen molar-refractivity contribution < 1.29 is 14.5 Å². The molecule has 2 rings (SSSR count). The molecular weight excluding hydrogens is 320 g/mol. The molecule has 0 unspecified atom stereocenters. The third kappa shape index (κ3) is 4.62. The van der Waals surface area contributed by atoms with Gasteiger partial charge in [0.25, 0.3) is 5.69 Å². The van der Waals surface area contributed by atoms with Crippen LogP contribution in [0.15, 0.2) is 40.5 Å². The number of benzene rings is 1. The van der Waals surface area contributed by atoms with E-state index in [-0.39, 0.29) is 17.2 Å². The molecule has 8 heteroatoms. The lowest BCUT2D eigenvalue weighted by molar-refractivity contribution is -0.384. The SMILES string of the molecule is Cc1csc(=O)n1CCOC(=O)/C=C/c1cccc([N+](=O)[O-])c1. The van der Waals surface area contributed by atoms with Gasteiger partial charge in [-0.3, -0.25) is 19.5 Å². The third-order valence-electron chi connectivity index (χ3n) is 3.03. The minimum Gasteiger partial charge on any atom is -0.461 e. The summed E-state index contributed by atoms with van der Waals surface area (Å²) in [6, 6.07) is 5.91. The van der Waals surface area contributed by atoms with Gasteiger partial charge in [0.2, 0.25) is 0 Å². The number of aryl methyl sites for hydroxylation is 1. The molecule has 0 saturated carbocycles. The molecule has 1 aromatic carbocycles. The normalized spacial score (nSPS) is 10.8. The van der Waals surface area contributed by atoms with Crippen LogP contribution >= 0.6 is 11.3 Å². The van der Waals surface area contributed by atoms with Crippen molar-refractivity contribution in [1.29, 1.82) is 0 Å². The van der Waals surface area contributed by atoms with E-state index in [1.807, 2.05) is 6.92 Å². The van der Waals surface area contributed by atoms with E-state index in [0.717, 1.165) is 17.0 Å². The highest BCUT2D eigenvalue weighted by Gasteiger charge is 2.05. The van der Waals surface area contributed by atoms with Crippen LogP contribution in [0.1, 0.15) is 11.3 Å². The summed E-state index contributed by atoms with van der Waals surface area (Å²) in [5.74, 6) is -0.572. The minimum atomic E-state index is -0.572. The smallest absolute Gasteiger partial charge is 0.330 e. The lowest BCUT2D eigenvalue weighted by atomic mass is 10.2. The first kappa shape index (κ1) is 16.6. The zero-order valence-electron chi connectivity index (χ0n) is 12.3.